The molecule has 3 N–H and O–H groups in total. The number of halogens is 1. The molecule has 1 aliphatic rings. The number of hydrogen-bond acceptors (Lipinski definition) is 8. The number of nitrogens with one attached hydrogen (secondary N) is 3. The van der Waals surface area contributed by atoms with Crippen molar-refractivity contribution in [3.8, 4) is 5.75 Å². The third-order valence-electron chi connectivity index (χ3n) is 7.16. The summed E-state index contributed by atoms with van der Waals surface area (Å²) in [6.45, 7) is 4.59. The van der Waals surface area contributed by atoms with E-state index in [-0.39, 0.29) is 34.1 Å². The van der Waals surface area contributed by atoms with E-state index >= 15 is 0 Å². The Labute approximate surface area is 261 Å². The van der Waals surface area contributed by atoms with Crippen molar-refractivity contribution in [2.75, 3.05) is 29.2 Å². The lowest BCUT2D eigenvalue weighted by Crippen LogP contribution is -2.56. The Hall–Kier alpha value is -4.42. The van der Waals surface area contributed by atoms with Crippen LogP contribution in [0.4, 0.5) is 17.3 Å². The van der Waals surface area contributed by atoms with E-state index < -0.39 is 21.5 Å². The van der Waals surface area contributed by atoms with Gasteiger partial charge in [0.1, 0.15) is 11.3 Å². The van der Waals surface area contributed by atoms with Crippen LogP contribution in [0.15, 0.2) is 77.7 Å². The highest BCUT2D eigenvalue weighted by molar-refractivity contribution is 7.92. The van der Waals surface area contributed by atoms with Gasteiger partial charge in [-0.2, -0.15) is 0 Å². The first-order valence-corrected chi connectivity index (χ1v) is 16.2. The molecule has 1 saturated heterocycles. The fourth-order valence-corrected chi connectivity index (χ4v) is 6.11. The lowest BCUT2D eigenvalue weighted by atomic mass is 10.00. The van der Waals surface area contributed by atoms with Crippen LogP contribution < -0.4 is 20.1 Å². The Morgan fingerprint density at radius 1 is 0.909 bits per heavy atom. The van der Waals surface area contributed by atoms with Crippen molar-refractivity contribution in [2.24, 2.45) is 0 Å². The van der Waals surface area contributed by atoms with Gasteiger partial charge in [0.2, 0.25) is 5.91 Å². The normalized spacial score (nSPS) is 13.8. The van der Waals surface area contributed by atoms with Crippen LogP contribution in [-0.2, 0) is 14.8 Å². The molecule has 0 unspecified atom stereocenters. The van der Waals surface area contributed by atoms with Gasteiger partial charge in [0, 0.05) is 18.7 Å². The third-order valence-corrected chi connectivity index (χ3v) is 8.61. The Balaban J connectivity index is 1.41. The van der Waals surface area contributed by atoms with Gasteiger partial charge in [-0.15, -0.1) is 0 Å². The second-order valence-corrected chi connectivity index (χ2v) is 12.8. The average Bonchev–Trinajstić information content (AvgIpc) is 3.02. The van der Waals surface area contributed by atoms with Crippen LogP contribution in [0.3, 0.4) is 0 Å². The number of aromatic nitrogens is 2. The topological polar surface area (TPSA) is 143 Å². The van der Waals surface area contributed by atoms with E-state index in [9.17, 15) is 18.0 Å². The SMILES string of the molecule is CC(C)(NC(=O)c1cccc(S(=O)(=O)Nc2nc3ccccc3nc2Nc2ccccc2OCCl)c1)C(=O)N1CCCCC1. The number of carbonyl (C=O) groups is 2. The third kappa shape index (κ3) is 7.03. The molecule has 2 amide bonds. The second kappa shape index (κ2) is 13.1. The van der Waals surface area contributed by atoms with E-state index in [0.717, 1.165) is 19.3 Å². The fourth-order valence-electron chi connectivity index (χ4n) is 4.93. The zero-order chi connectivity index (χ0) is 31.3. The summed E-state index contributed by atoms with van der Waals surface area (Å²) >= 11 is 5.78. The zero-order valence-corrected chi connectivity index (χ0v) is 25.9. The molecule has 1 aliphatic heterocycles. The average molecular weight is 637 g/mol. The largest absolute Gasteiger partial charge is 0.476 e. The van der Waals surface area contributed by atoms with Gasteiger partial charge in [-0.05, 0) is 75.6 Å². The fraction of sp³-hybridized carbons (Fsp3) is 0.290. The van der Waals surface area contributed by atoms with E-state index in [2.05, 4.69) is 25.3 Å². The summed E-state index contributed by atoms with van der Waals surface area (Å²) in [5.74, 6) is -0.242. The summed E-state index contributed by atoms with van der Waals surface area (Å²) in [7, 11) is -4.25. The van der Waals surface area contributed by atoms with E-state index in [1.807, 2.05) is 0 Å². The number of sulfonamides is 1. The summed E-state index contributed by atoms with van der Waals surface area (Å²) in [5.41, 5.74) is 0.414. The highest BCUT2D eigenvalue weighted by Crippen LogP contribution is 2.32. The van der Waals surface area contributed by atoms with Gasteiger partial charge >= 0.3 is 0 Å². The molecule has 0 aliphatic carbocycles. The molecular formula is C31H33ClN6O5S. The highest BCUT2D eigenvalue weighted by atomic mass is 35.5. The number of para-hydroxylation sites is 4. The predicted octanol–water partition coefficient (Wildman–Crippen LogP) is 5.27. The molecule has 4 aromatic rings. The predicted molar refractivity (Wildman–Crippen MR) is 170 cm³/mol. The van der Waals surface area contributed by atoms with Gasteiger partial charge < -0.3 is 20.3 Å². The maximum Gasteiger partial charge on any atom is 0.263 e. The Morgan fingerprint density at radius 2 is 1.57 bits per heavy atom. The van der Waals surface area contributed by atoms with Gasteiger partial charge in [-0.25, -0.2) is 18.4 Å². The van der Waals surface area contributed by atoms with E-state index in [4.69, 9.17) is 16.3 Å². The number of rotatable bonds is 10. The molecule has 44 heavy (non-hydrogen) atoms. The number of alkyl halides is 1. The standard InChI is InChI=1S/C31H33ClN6O5S/c1-31(2,30(40)38-17-8-3-9-18-38)36-29(39)21-11-10-12-22(19-21)44(41,42)37-28-27(33-23-13-4-5-14-24(23)34-28)35-25-15-6-7-16-26(25)43-20-32/h4-7,10-16,19H,3,8-9,17-18,20H2,1-2H3,(H,33,35)(H,34,37)(H,36,39). The van der Waals surface area contributed by atoms with Crippen LogP contribution in [-0.4, -0.2) is 59.8 Å². The molecule has 0 saturated carbocycles. The highest BCUT2D eigenvalue weighted by Gasteiger charge is 2.34. The lowest BCUT2D eigenvalue weighted by molar-refractivity contribution is -0.137. The first kappa shape index (κ1) is 31.0. The van der Waals surface area contributed by atoms with Crippen molar-refractivity contribution in [1.29, 1.82) is 0 Å². The zero-order valence-electron chi connectivity index (χ0n) is 24.3. The number of hydrogen-bond donors (Lipinski definition) is 3. The minimum absolute atomic E-state index is 0.0625. The quantitative estimate of drug-likeness (QED) is 0.200. The molecule has 3 aromatic carbocycles. The molecule has 0 spiro atoms. The van der Waals surface area contributed by atoms with Crippen molar-refractivity contribution >= 4 is 61.8 Å². The number of amides is 2. The van der Waals surface area contributed by atoms with Crippen LogP contribution in [0.5, 0.6) is 5.75 Å². The summed E-state index contributed by atoms with van der Waals surface area (Å²) in [5, 5.41) is 5.87. The summed E-state index contributed by atoms with van der Waals surface area (Å²) < 4.78 is 35.3. The van der Waals surface area contributed by atoms with Crippen molar-refractivity contribution in [2.45, 2.75) is 43.5 Å². The number of carbonyl (C=O) groups excluding carboxylic acids is 2. The monoisotopic (exact) mass is 636 g/mol. The van der Waals surface area contributed by atoms with Gasteiger partial charge in [0.25, 0.3) is 15.9 Å². The van der Waals surface area contributed by atoms with Crippen molar-refractivity contribution in [1.82, 2.24) is 20.2 Å². The molecule has 5 rings (SSSR count). The minimum atomic E-state index is -4.25. The van der Waals surface area contributed by atoms with Crippen molar-refractivity contribution < 1.29 is 22.7 Å². The first-order valence-electron chi connectivity index (χ1n) is 14.1. The number of piperidine rings is 1. The molecule has 230 valence electrons. The van der Waals surface area contributed by atoms with Crippen molar-refractivity contribution in [3.05, 3.63) is 78.4 Å². The molecule has 2 heterocycles. The lowest BCUT2D eigenvalue weighted by Gasteiger charge is -2.34. The summed E-state index contributed by atoms with van der Waals surface area (Å²) in [6.07, 6.45) is 2.92. The molecule has 13 heteroatoms. The number of ether oxygens (including phenoxy) is 1. The molecular weight excluding hydrogens is 604 g/mol. The summed E-state index contributed by atoms with van der Waals surface area (Å²) in [6, 6.07) is 19.5. The van der Waals surface area contributed by atoms with E-state index in [1.54, 1.807) is 67.3 Å². The molecule has 0 radical (unpaired) electrons. The first-order chi connectivity index (χ1) is 21.1. The number of nitrogens with zero attached hydrogens (tertiary/aromatic N) is 3. The number of fused-ring (bicyclic) bond motifs is 1. The van der Waals surface area contributed by atoms with Gasteiger partial charge in [-0.1, -0.05) is 41.9 Å². The Morgan fingerprint density at radius 3 is 2.27 bits per heavy atom. The smallest absolute Gasteiger partial charge is 0.263 e. The maximum atomic E-state index is 13.6. The summed E-state index contributed by atoms with van der Waals surface area (Å²) in [4.78, 5) is 37.0. The van der Waals surface area contributed by atoms with Crippen LogP contribution in [0.25, 0.3) is 11.0 Å². The molecule has 11 nitrogen and oxygen atoms in total. The Kier molecular flexibility index (Phi) is 9.21. The molecule has 0 bridgehead atoms. The van der Waals surface area contributed by atoms with Crippen LogP contribution in [0.2, 0.25) is 0 Å². The van der Waals surface area contributed by atoms with Crippen LogP contribution in [0.1, 0.15) is 43.5 Å². The molecule has 1 aromatic heterocycles. The van der Waals surface area contributed by atoms with E-state index in [0.29, 0.717) is 35.6 Å². The van der Waals surface area contributed by atoms with Crippen molar-refractivity contribution in [3.63, 3.8) is 0 Å². The molecule has 0 atom stereocenters. The number of anilines is 3. The Bertz CT molecular complexity index is 1790. The second-order valence-electron chi connectivity index (χ2n) is 10.8. The maximum absolute atomic E-state index is 13.6. The van der Waals surface area contributed by atoms with E-state index in [1.165, 1.54) is 24.3 Å². The van der Waals surface area contributed by atoms with Gasteiger partial charge in [-0.3, -0.25) is 14.3 Å². The van der Waals surface area contributed by atoms with Crippen LogP contribution in [0, 0.1) is 0 Å². The number of likely N-dealkylation sites (tertiary alicyclic amines) is 1. The van der Waals surface area contributed by atoms with Gasteiger partial charge in [0.15, 0.2) is 17.7 Å². The minimum Gasteiger partial charge on any atom is -0.476 e. The molecule has 1 fully saturated rings. The number of benzene rings is 3. The van der Waals surface area contributed by atoms with Gasteiger partial charge in [0.05, 0.1) is 21.6 Å². The van der Waals surface area contributed by atoms with Crippen LogP contribution >= 0.6 is 11.6 Å².